The Balaban J connectivity index is 0.000000366. The van der Waals surface area contributed by atoms with E-state index in [2.05, 4.69) is 32.9 Å². The van der Waals surface area contributed by atoms with Crippen LogP contribution in [0.5, 0.6) is 0 Å². The zero-order valence-corrected chi connectivity index (χ0v) is 10.2. The molecule has 1 aromatic rings. The number of hydrogen-bond donors (Lipinski definition) is 1. The van der Waals surface area contributed by atoms with Crippen LogP contribution in [0.15, 0.2) is 31.5 Å². The van der Waals surface area contributed by atoms with Crippen LogP contribution >= 0.6 is 0 Å². The summed E-state index contributed by atoms with van der Waals surface area (Å²) in [5, 5.41) is 0. The zero-order chi connectivity index (χ0) is 13.1. The van der Waals surface area contributed by atoms with E-state index in [1.54, 1.807) is 0 Å². The quantitative estimate of drug-likeness (QED) is 0.484. The molecule has 1 rings (SSSR count). The molecular weight excluding hydrogens is 220 g/mol. The van der Waals surface area contributed by atoms with Crippen LogP contribution in [0, 0.1) is 0 Å². The largest absolute Gasteiger partial charge is 0.348 e. The van der Waals surface area contributed by atoms with Gasteiger partial charge in [-0.3, -0.25) is 4.89 Å². The number of hydrogen-bond acceptors (Lipinski definition) is 4. The number of allylic oxidation sites excluding steroid dienone is 2. The summed E-state index contributed by atoms with van der Waals surface area (Å²) in [6.45, 7) is 8.54. The van der Waals surface area contributed by atoms with Gasteiger partial charge in [-0.05, 0) is 0 Å². The maximum atomic E-state index is 9.70. The first-order valence-electron chi connectivity index (χ1n) is 5.10. The van der Waals surface area contributed by atoms with Gasteiger partial charge in [-0.25, -0.2) is 9.78 Å². The van der Waals surface area contributed by atoms with E-state index < -0.39 is 5.97 Å². The number of H-pyrrole nitrogens is 1. The van der Waals surface area contributed by atoms with E-state index in [1.165, 1.54) is 14.0 Å². The maximum Gasteiger partial charge on any atom is 0.339 e. The van der Waals surface area contributed by atoms with Gasteiger partial charge in [0.2, 0.25) is 0 Å². The first-order valence-corrected chi connectivity index (χ1v) is 5.10. The molecule has 1 heterocycles. The van der Waals surface area contributed by atoms with Crippen LogP contribution in [-0.2, 0) is 27.4 Å². The minimum Gasteiger partial charge on any atom is -0.348 e. The summed E-state index contributed by atoms with van der Waals surface area (Å²) in [5.74, 6) is 0.536. The molecule has 0 bridgehead atoms. The molecule has 0 spiro atoms. The lowest BCUT2D eigenvalue weighted by molar-refractivity contribution is -0.252. The van der Waals surface area contributed by atoms with Crippen LogP contribution in [0.1, 0.15) is 18.4 Å². The van der Waals surface area contributed by atoms with Crippen molar-refractivity contribution in [1.29, 1.82) is 0 Å². The van der Waals surface area contributed by atoms with Gasteiger partial charge in [0.05, 0.1) is 12.8 Å². The van der Waals surface area contributed by atoms with Crippen molar-refractivity contribution in [3.63, 3.8) is 0 Å². The Kier molecular flexibility index (Phi) is 8.32. The maximum absolute atomic E-state index is 9.70. The van der Waals surface area contributed by atoms with Crippen molar-refractivity contribution < 1.29 is 14.6 Å². The average molecular weight is 238 g/mol. The summed E-state index contributed by atoms with van der Waals surface area (Å²) < 4.78 is 0. The molecule has 0 aromatic carbocycles. The number of nitrogens with zero attached hydrogens (tertiary/aromatic N) is 1. The van der Waals surface area contributed by atoms with Crippen LogP contribution in [-0.4, -0.2) is 23.0 Å². The average Bonchev–Trinajstić information content (AvgIpc) is 2.67. The minimum atomic E-state index is -0.433. The van der Waals surface area contributed by atoms with E-state index in [9.17, 15) is 4.79 Å². The molecule has 0 fully saturated rings. The second kappa shape index (κ2) is 9.35. The third-order valence-electron chi connectivity index (χ3n) is 1.58. The zero-order valence-electron chi connectivity index (χ0n) is 10.2. The Morgan fingerprint density at radius 2 is 2.12 bits per heavy atom. The SMILES string of the molecule is C=CCc1c[nH]c(CC=C)n1.COOC(C)=O. The smallest absolute Gasteiger partial charge is 0.339 e. The van der Waals surface area contributed by atoms with Crippen molar-refractivity contribution in [3.05, 3.63) is 43.0 Å². The Hall–Kier alpha value is -1.88. The fraction of sp³-hybridized carbons (Fsp3) is 0.333. The van der Waals surface area contributed by atoms with Crippen LogP contribution in [0.2, 0.25) is 0 Å². The summed E-state index contributed by atoms with van der Waals surface area (Å²) in [7, 11) is 1.28. The first-order chi connectivity index (χ1) is 8.13. The number of aromatic nitrogens is 2. The fourth-order valence-electron chi connectivity index (χ4n) is 1.02. The molecule has 0 aliphatic heterocycles. The second-order valence-electron chi connectivity index (χ2n) is 3.07. The number of nitrogens with one attached hydrogen (secondary N) is 1. The van der Waals surface area contributed by atoms with Crippen LogP contribution in [0.4, 0.5) is 0 Å². The highest BCUT2D eigenvalue weighted by atomic mass is 17.2. The molecule has 5 nitrogen and oxygen atoms in total. The summed E-state index contributed by atoms with van der Waals surface area (Å²) in [6, 6.07) is 0. The number of carbonyl (C=O) groups excluding carboxylic acids is 1. The summed E-state index contributed by atoms with van der Waals surface area (Å²) >= 11 is 0. The molecule has 1 N–H and O–H groups in total. The van der Waals surface area contributed by atoms with Gasteiger partial charge in [0.25, 0.3) is 0 Å². The van der Waals surface area contributed by atoms with Crippen molar-refractivity contribution in [2.75, 3.05) is 7.11 Å². The molecule has 1 aromatic heterocycles. The van der Waals surface area contributed by atoms with Gasteiger partial charge in [0.1, 0.15) is 5.82 Å². The predicted molar refractivity (Wildman–Crippen MR) is 65.2 cm³/mol. The Morgan fingerprint density at radius 3 is 2.53 bits per heavy atom. The molecule has 94 valence electrons. The summed E-state index contributed by atoms with van der Waals surface area (Å²) in [6.07, 6.45) is 7.20. The molecule has 0 aliphatic carbocycles. The van der Waals surface area contributed by atoms with E-state index in [1.807, 2.05) is 18.3 Å². The van der Waals surface area contributed by atoms with E-state index in [0.29, 0.717) is 0 Å². The highest BCUT2D eigenvalue weighted by molar-refractivity contribution is 5.65. The first kappa shape index (κ1) is 15.1. The monoisotopic (exact) mass is 238 g/mol. The van der Waals surface area contributed by atoms with Crippen molar-refractivity contribution in [2.45, 2.75) is 19.8 Å². The Bertz CT molecular complexity index is 334. The molecule has 0 saturated heterocycles. The molecule has 0 unspecified atom stereocenters. The topological polar surface area (TPSA) is 64.2 Å². The van der Waals surface area contributed by atoms with Crippen LogP contribution in [0.25, 0.3) is 0 Å². The van der Waals surface area contributed by atoms with Gasteiger partial charge in [-0.2, -0.15) is 4.89 Å². The third-order valence-corrected chi connectivity index (χ3v) is 1.58. The van der Waals surface area contributed by atoms with Gasteiger partial charge >= 0.3 is 5.97 Å². The minimum absolute atomic E-state index is 0.433. The molecule has 0 aliphatic rings. The van der Waals surface area contributed by atoms with Crippen LogP contribution in [0.3, 0.4) is 0 Å². The van der Waals surface area contributed by atoms with Crippen molar-refractivity contribution in [1.82, 2.24) is 9.97 Å². The standard InChI is InChI=1S/C9H12N2.C3H6O3/c1-3-5-8-7-10-9(11-8)6-4-2;1-3(4)6-5-2/h3-4,7H,1-2,5-6H2,(H,10,11);1-2H3. The lowest BCUT2D eigenvalue weighted by Gasteiger charge is -1.87. The highest BCUT2D eigenvalue weighted by Crippen LogP contribution is 1.99. The molecule has 0 atom stereocenters. The third kappa shape index (κ3) is 7.98. The second-order valence-corrected chi connectivity index (χ2v) is 3.07. The van der Waals surface area contributed by atoms with Crippen molar-refractivity contribution in [2.24, 2.45) is 0 Å². The number of rotatable bonds is 5. The van der Waals surface area contributed by atoms with Gasteiger partial charge in [0, 0.05) is 26.0 Å². The Morgan fingerprint density at radius 1 is 1.47 bits per heavy atom. The predicted octanol–water partition coefficient (Wildman–Crippen LogP) is 1.98. The lowest BCUT2D eigenvalue weighted by atomic mass is 10.3. The van der Waals surface area contributed by atoms with E-state index in [-0.39, 0.29) is 0 Å². The fourth-order valence-corrected chi connectivity index (χ4v) is 1.02. The normalized spacial score (nSPS) is 8.82. The number of carbonyl (C=O) groups is 1. The summed E-state index contributed by atoms with van der Waals surface area (Å²) in [4.78, 5) is 24.9. The molecular formula is C12H18N2O3. The van der Waals surface area contributed by atoms with Gasteiger partial charge in [-0.1, -0.05) is 12.2 Å². The van der Waals surface area contributed by atoms with Crippen molar-refractivity contribution >= 4 is 5.97 Å². The van der Waals surface area contributed by atoms with E-state index in [0.717, 1.165) is 24.4 Å². The molecule has 0 saturated carbocycles. The van der Waals surface area contributed by atoms with E-state index >= 15 is 0 Å². The van der Waals surface area contributed by atoms with E-state index in [4.69, 9.17) is 0 Å². The molecule has 5 heteroatoms. The lowest BCUT2D eigenvalue weighted by Crippen LogP contribution is -1.94. The highest BCUT2D eigenvalue weighted by Gasteiger charge is 1.95. The number of aromatic amines is 1. The molecule has 0 amide bonds. The number of imidazole rings is 1. The Labute approximate surface area is 101 Å². The molecule has 17 heavy (non-hydrogen) atoms. The van der Waals surface area contributed by atoms with Crippen LogP contribution < -0.4 is 0 Å². The molecule has 0 radical (unpaired) electrons. The van der Waals surface area contributed by atoms with Gasteiger partial charge < -0.3 is 4.98 Å². The van der Waals surface area contributed by atoms with Gasteiger partial charge in [0.15, 0.2) is 0 Å². The summed E-state index contributed by atoms with van der Waals surface area (Å²) in [5.41, 5.74) is 1.04. The van der Waals surface area contributed by atoms with Crippen molar-refractivity contribution in [3.8, 4) is 0 Å². The van der Waals surface area contributed by atoms with Gasteiger partial charge in [-0.15, -0.1) is 13.2 Å².